The van der Waals surface area contributed by atoms with Gasteiger partial charge in [-0.2, -0.15) is 0 Å². The van der Waals surface area contributed by atoms with E-state index in [1.807, 2.05) is 36.7 Å². The molecule has 2 atom stereocenters. The lowest BCUT2D eigenvalue weighted by Crippen LogP contribution is -2.44. The lowest BCUT2D eigenvalue weighted by atomic mass is 9.34. The molecule has 1 fully saturated rings. The lowest BCUT2D eigenvalue weighted by Gasteiger charge is -2.38. The number of anilines is 2. The van der Waals surface area contributed by atoms with E-state index >= 15 is 0 Å². The first-order valence-electron chi connectivity index (χ1n) is 11.3. The smallest absolute Gasteiger partial charge is 0.277 e. The van der Waals surface area contributed by atoms with Crippen molar-refractivity contribution < 1.29 is 4.79 Å². The van der Waals surface area contributed by atoms with Crippen molar-refractivity contribution in [3.63, 3.8) is 0 Å². The van der Waals surface area contributed by atoms with Crippen LogP contribution in [-0.2, 0) is 4.79 Å². The molecule has 0 saturated carbocycles. The molecule has 0 radical (unpaired) electrons. The third kappa shape index (κ3) is 4.49. The second kappa shape index (κ2) is 9.10. The largest absolute Gasteiger partial charge is 0.372 e. The number of carbonyl (C=O) groups excluding carboxylic acids is 1. The minimum absolute atomic E-state index is 0.0970. The maximum absolute atomic E-state index is 11.9. The fourth-order valence-corrected chi connectivity index (χ4v) is 4.74. The standard InChI is InChI=1S/C25H29BN6O/c1-17-6-7-23(31-11-18(2)26(15-27)19(3)12-31)10-22(17)8-9-30(16-33)24-14-32-13-20(4)28-25(32)21(5)29-24/h6-10,13-14,16,18-19H,11-12H2,1-5H3/b9-8-. The Bertz CT molecular complexity index is 1250. The van der Waals surface area contributed by atoms with Crippen LogP contribution in [-0.4, -0.2) is 40.6 Å². The molecule has 1 aromatic carbocycles. The summed E-state index contributed by atoms with van der Waals surface area (Å²) in [6, 6.07) is 6.40. The number of hydrogen-bond donors (Lipinski definition) is 0. The van der Waals surface area contributed by atoms with Crippen molar-refractivity contribution >= 4 is 36.4 Å². The van der Waals surface area contributed by atoms with Gasteiger partial charge in [-0.25, -0.2) is 15.2 Å². The van der Waals surface area contributed by atoms with Crippen molar-refractivity contribution in [3.8, 4) is 5.97 Å². The number of aromatic nitrogens is 3. The Morgan fingerprint density at radius 2 is 1.88 bits per heavy atom. The van der Waals surface area contributed by atoms with E-state index in [-0.39, 0.29) is 6.71 Å². The molecule has 3 aromatic rings. The van der Waals surface area contributed by atoms with Crippen molar-refractivity contribution in [2.24, 2.45) is 0 Å². The summed E-state index contributed by atoms with van der Waals surface area (Å²) in [6.45, 7) is 12.0. The third-order valence-electron chi connectivity index (χ3n) is 6.53. The number of fused-ring (bicyclic) bond motifs is 1. The van der Waals surface area contributed by atoms with E-state index < -0.39 is 0 Å². The van der Waals surface area contributed by atoms with Crippen molar-refractivity contribution in [1.82, 2.24) is 14.4 Å². The highest BCUT2D eigenvalue weighted by molar-refractivity contribution is 6.70. The van der Waals surface area contributed by atoms with Gasteiger partial charge in [-0.15, -0.1) is 0 Å². The average molecular weight is 440 g/mol. The molecule has 4 rings (SSSR count). The summed E-state index contributed by atoms with van der Waals surface area (Å²) >= 11 is 0. The van der Waals surface area contributed by atoms with Gasteiger partial charge in [0.25, 0.3) is 6.71 Å². The van der Waals surface area contributed by atoms with Gasteiger partial charge in [0.15, 0.2) is 11.5 Å². The van der Waals surface area contributed by atoms with Gasteiger partial charge in [0.1, 0.15) is 0 Å². The van der Waals surface area contributed by atoms with Gasteiger partial charge in [0.05, 0.1) is 17.6 Å². The molecular formula is C25H29BN6O. The Morgan fingerprint density at radius 1 is 1.15 bits per heavy atom. The summed E-state index contributed by atoms with van der Waals surface area (Å²) in [5.41, 5.74) is 5.76. The van der Waals surface area contributed by atoms with Crippen LogP contribution < -0.4 is 9.80 Å². The van der Waals surface area contributed by atoms with Gasteiger partial charge in [-0.05, 0) is 61.7 Å². The topological polar surface area (TPSA) is 77.5 Å². The maximum atomic E-state index is 11.9. The van der Waals surface area contributed by atoms with Gasteiger partial charge in [-0.3, -0.25) is 9.69 Å². The summed E-state index contributed by atoms with van der Waals surface area (Å²) < 4.78 is 1.90. The molecule has 1 saturated heterocycles. The van der Waals surface area contributed by atoms with E-state index in [0.717, 1.165) is 53.3 Å². The second-order valence-corrected chi connectivity index (χ2v) is 9.18. The number of nitrogens with zero attached hydrogens (tertiary/aromatic N) is 6. The SMILES string of the molecule is Cc1cn2cc(N(C=O)/C=C\c3cc(N4CC(C)B(C#N)C(C)C4)ccc3C)nc(C)c2n1. The van der Waals surface area contributed by atoms with Gasteiger partial charge in [0, 0.05) is 37.1 Å². The first-order valence-corrected chi connectivity index (χ1v) is 11.3. The number of amides is 1. The molecule has 7 nitrogen and oxygen atoms in total. The summed E-state index contributed by atoms with van der Waals surface area (Å²) in [6.07, 6.45) is 8.20. The number of benzene rings is 1. The predicted octanol–water partition coefficient (Wildman–Crippen LogP) is 4.45. The second-order valence-electron chi connectivity index (χ2n) is 9.18. The van der Waals surface area contributed by atoms with Gasteiger partial charge >= 0.3 is 0 Å². The van der Waals surface area contributed by atoms with Gasteiger partial charge in [-0.1, -0.05) is 19.9 Å². The Balaban J connectivity index is 1.60. The molecular weight excluding hydrogens is 411 g/mol. The average Bonchev–Trinajstić information content (AvgIpc) is 3.16. The molecule has 3 heterocycles. The number of aryl methyl sites for hydroxylation is 3. The van der Waals surface area contributed by atoms with Crippen LogP contribution in [0, 0.1) is 32.0 Å². The van der Waals surface area contributed by atoms with E-state index in [4.69, 9.17) is 0 Å². The molecule has 0 aliphatic carbocycles. The molecule has 0 N–H and O–H groups in total. The zero-order valence-electron chi connectivity index (χ0n) is 19.9. The summed E-state index contributed by atoms with van der Waals surface area (Å²) in [5.74, 6) is 3.66. The molecule has 0 spiro atoms. The number of nitriles is 1. The van der Waals surface area contributed by atoms with Crippen LogP contribution in [0.25, 0.3) is 11.7 Å². The Labute approximate surface area is 195 Å². The highest BCUT2D eigenvalue weighted by Crippen LogP contribution is 2.32. The monoisotopic (exact) mass is 440 g/mol. The van der Waals surface area contributed by atoms with Crippen LogP contribution in [0.2, 0.25) is 11.6 Å². The fourth-order valence-electron chi connectivity index (χ4n) is 4.74. The molecule has 33 heavy (non-hydrogen) atoms. The maximum Gasteiger partial charge on any atom is 0.277 e. The molecule has 1 amide bonds. The van der Waals surface area contributed by atoms with Crippen LogP contribution >= 0.6 is 0 Å². The minimum Gasteiger partial charge on any atom is -0.372 e. The zero-order valence-corrected chi connectivity index (χ0v) is 19.9. The van der Waals surface area contributed by atoms with Crippen molar-refractivity contribution in [1.29, 1.82) is 5.26 Å². The molecule has 8 heteroatoms. The summed E-state index contributed by atoms with van der Waals surface area (Å²) in [5, 5.41) is 9.46. The predicted molar refractivity (Wildman–Crippen MR) is 134 cm³/mol. The van der Waals surface area contributed by atoms with Gasteiger partial charge < -0.3 is 9.30 Å². The third-order valence-corrected chi connectivity index (χ3v) is 6.53. The Kier molecular flexibility index (Phi) is 6.23. The minimum atomic E-state index is 0.0970. The lowest BCUT2D eigenvalue weighted by molar-refractivity contribution is -0.107. The normalized spacial score (nSPS) is 18.7. The summed E-state index contributed by atoms with van der Waals surface area (Å²) in [4.78, 5) is 24.8. The van der Waals surface area contributed by atoms with Crippen molar-refractivity contribution in [2.75, 3.05) is 22.9 Å². The van der Waals surface area contributed by atoms with E-state index in [1.54, 1.807) is 6.20 Å². The number of imidazole rings is 1. The number of hydrogen-bond acceptors (Lipinski definition) is 5. The highest BCUT2D eigenvalue weighted by atomic mass is 16.1. The van der Waals surface area contributed by atoms with E-state index in [9.17, 15) is 10.1 Å². The molecule has 1 aliphatic heterocycles. The summed E-state index contributed by atoms with van der Waals surface area (Å²) in [7, 11) is 0. The molecule has 168 valence electrons. The van der Waals surface area contributed by atoms with Crippen LogP contribution in [0.3, 0.4) is 0 Å². The van der Waals surface area contributed by atoms with Gasteiger partial charge in [0.2, 0.25) is 6.41 Å². The molecule has 1 aliphatic rings. The van der Waals surface area contributed by atoms with Crippen LogP contribution in [0.15, 0.2) is 36.8 Å². The van der Waals surface area contributed by atoms with Crippen LogP contribution in [0.4, 0.5) is 11.5 Å². The van der Waals surface area contributed by atoms with E-state index in [1.165, 1.54) is 4.90 Å². The highest BCUT2D eigenvalue weighted by Gasteiger charge is 2.35. The molecule has 2 aromatic heterocycles. The zero-order chi connectivity index (χ0) is 23.7. The molecule has 0 bridgehead atoms. The Hall–Kier alpha value is -3.60. The number of carbonyl (C=O) groups is 1. The number of rotatable bonds is 5. The van der Waals surface area contributed by atoms with Crippen molar-refractivity contribution in [2.45, 2.75) is 46.3 Å². The fraction of sp³-hybridized carbons (Fsp3) is 0.360. The first kappa shape index (κ1) is 22.6. The van der Waals surface area contributed by atoms with Crippen molar-refractivity contribution in [3.05, 3.63) is 59.3 Å². The Morgan fingerprint density at radius 3 is 2.55 bits per heavy atom. The van der Waals surface area contributed by atoms with E-state index in [0.29, 0.717) is 17.5 Å². The first-order chi connectivity index (χ1) is 15.8. The van der Waals surface area contributed by atoms with Crippen LogP contribution in [0.1, 0.15) is 36.4 Å². The quantitative estimate of drug-likeness (QED) is 0.433. The molecule has 2 unspecified atom stereocenters. The van der Waals surface area contributed by atoms with Crippen LogP contribution in [0.5, 0.6) is 0 Å². The van der Waals surface area contributed by atoms with E-state index in [2.05, 4.69) is 59.8 Å².